The van der Waals surface area contributed by atoms with E-state index in [2.05, 4.69) is 9.66 Å². The summed E-state index contributed by atoms with van der Waals surface area (Å²) in [6.07, 6.45) is -4.49. The van der Waals surface area contributed by atoms with E-state index in [4.69, 9.17) is 29.9 Å². The van der Waals surface area contributed by atoms with Crippen LogP contribution in [0.1, 0.15) is 26.7 Å². The highest BCUT2D eigenvalue weighted by atomic mass is 32.3. The number of carbonyl (C=O) groups is 4. The lowest BCUT2D eigenvalue weighted by Crippen LogP contribution is -2.50. The van der Waals surface area contributed by atoms with Gasteiger partial charge in [0.1, 0.15) is 6.04 Å². The third kappa shape index (κ3) is 8.76. The van der Waals surface area contributed by atoms with E-state index in [1.807, 2.05) is 0 Å². The van der Waals surface area contributed by atoms with Crippen molar-refractivity contribution >= 4 is 34.3 Å². The molecule has 15 nitrogen and oxygen atoms in total. The Balaban J connectivity index is 0.000000762. The van der Waals surface area contributed by atoms with Gasteiger partial charge in [-0.05, 0) is 26.7 Å². The molecule has 2 bridgehead atoms. The van der Waals surface area contributed by atoms with E-state index in [9.17, 15) is 36.0 Å². The summed E-state index contributed by atoms with van der Waals surface area (Å²) in [5.74, 6) is -4.57. The second-order valence-electron chi connectivity index (χ2n) is 7.85. The number of nitrogens with two attached hydrogens (primary N) is 1. The minimum absolute atomic E-state index is 0.0872. The highest BCUT2D eigenvalue weighted by Crippen LogP contribution is 2.31. The van der Waals surface area contributed by atoms with Gasteiger partial charge < -0.3 is 20.8 Å². The second-order valence-corrected chi connectivity index (χ2v) is 9.05. The molecule has 3 amide bonds. The quantitative estimate of drug-likeness (QED) is 0.199. The lowest BCUT2D eigenvalue weighted by Gasteiger charge is -2.28. The summed E-state index contributed by atoms with van der Waals surface area (Å²) < 4.78 is 65.1. The maximum Gasteiger partial charge on any atom is 0.490 e. The molecule has 0 unspecified atom stereocenters. The molecule has 2 aliphatic rings. The molecular formula is C16H25F3N4O11S. The number of aliphatic carboxylic acids is 2. The van der Waals surface area contributed by atoms with Gasteiger partial charge in [0.15, 0.2) is 0 Å². The van der Waals surface area contributed by atoms with Crippen LogP contribution in [0.25, 0.3) is 0 Å². The van der Waals surface area contributed by atoms with Crippen LogP contribution in [0, 0.1) is 5.41 Å². The molecule has 2 rings (SSSR count). The largest absolute Gasteiger partial charge is 0.490 e. The van der Waals surface area contributed by atoms with Crippen LogP contribution in [-0.2, 0) is 38.1 Å². The van der Waals surface area contributed by atoms with Crippen molar-refractivity contribution in [2.45, 2.75) is 44.9 Å². The summed E-state index contributed by atoms with van der Waals surface area (Å²) in [4.78, 5) is 50.6. The van der Waals surface area contributed by atoms with E-state index in [0.717, 1.165) is 0 Å². The van der Waals surface area contributed by atoms with Crippen LogP contribution in [0.2, 0.25) is 0 Å². The maximum absolute atomic E-state index is 12.5. The molecule has 202 valence electrons. The Bertz CT molecular complexity index is 913. The van der Waals surface area contributed by atoms with Gasteiger partial charge in [-0.2, -0.15) is 26.7 Å². The molecule has 0 aromatic carbocycles. The van der Waals surface area contributed by atoms with Crippen LogP contribution in [-0.4, -0.2) is 97.0 Å². The molecule has 0 aliphatic carbocycles. The summed E-state index contributed by atoms with van der Waals surface area (Å²) in [7, 11) is -4.68. The van der Waals surface area contributed by atoms with Crippen molar-refractivity contribution < 1.29 is 64.3 Å². The molecule has 2 atom stereocenters. The number of carboxylic acids is 2. The SMILES string of the molecule is CC(C)(COS(=O)(=O)ON1C(=O)N2C[C@H]1CC[C@H]2C(=O)NOCCN)C(=O)O.O=C(O)C(F)(F)F. The Morgan fingerprint density at radius 1 is 1.17 bits per heavy atom. The molecule has 2 saturated heterocycles. The van der Waals surface area contributed by atoms with Crippen molar-refractivity contribution in [1.82, 2.24) is 15.4 Å². The highest BCUT2D eigenvalue weighted by Gasteiger charge is 2.50. The summed E-state index contributed by atoms with van der Waals surface area (Å²) in [6, 6.07) is -2.25. The fourth-order valence-corrected chi connectivity index (χ4v) is 3.52. The number of nitrogens with zero attached hydrogens (tertiary/aromatic N) is 2. The number of piperidine rings is 1. The number of hydrogen-bond donors (Lipinski definition) is 4. The molecule has 19 heteroatoms. The zero-order valence-electron chi connectivity index (χ0n) is 18.5. The van der Waals surface area contributed by atoms with E-state index in [1.54, 1.807) is 0 Å². The summed E-state index contributed by atoms with van der Waals surface area (Å²) in [5, 5.41) is 16.8. The molecule has 0 radical (unpaired) electrons. The molecule has 5 N–H and O–H groups in total. The Labute approximate surface area is 197 Å². The zero-order chi connectivity index (χ0) is 27.2. The third-order valence-corrected chi connectivity index (χ3v) is 5.33. The third-order valence-electron chi connectivity index (χ3n) is 4.58. The summed E-state index contributed by atoms with van der Waals surface area (Å²) >= 11 is 0. The van der Waals surface area contributed by atoms with Gasteiger partial charge in [0.05, 0.1) is 24.7 Å². The van der Waals surface area contributed by atoms with Crippen LogP contribution in [0.3, 0.4) is 0 Å². The molecule has 2 heterocycles. The number of fused-ring (bicyclic) bond motifs is 2. The Kier molecular flexibility index (Phi) is 10.2. The minimum Gasteiger partial charge on any atom is -0.481 e. The van der Waals surface area contributed by atoms with Gasteiger partial charge in [0, 0.05) is 13.1 Å². The Morgan fingerprint density at radius 3 is 2.23 bits per heavy atom. The fourth-order valence-electron chi connectivity index (χ4n) is 2.65. The monoisotopic (exact) mass is 538 g/mol. The number of alkyl halides is 3. The van der Waals surface area contributed by atoms with Gasteiger partial charge in [0.25, 0.3) is 5.91 Å². The number of amides is 3. The number of urea groups is 1. The van der Waals surface area contributed by atoms with E-state index in [0.29, 0.717) is 11.5 Å². The minimum atomic E-state index is -5.08. The van der Waals surface area contributed by atoms with Crippen molar-refractivity contribution in [2.24, 2.45) is 11.1 Å². The fraction of sp³-hybridized carbons (Fsp3) is 0.750. The number of carbonyl (C=O) groups excluding carboxylic acids is 2. The van der Waals surface area contributed by atoms with Gasteiger partial charge in [-0.25, -0.2) is 19.3 Å². The molecule has 2 aliphatic heterocycles. The number of hydroxylamine groups is 3. The van der Waals surface area contributed by atoms with Crippen molar-refractivity contribution in [3.05, 3.63) is 0 Å². The Hall–Kier alpha value is -2.74. The standard InChI is InChI=1S/C14H24N4O9S.C2HF3O2/c1-14(2,12(20)21)8-26-28(23,24)27-18-9-3-4-10(17(7-9)13(18)22)11(19)16-25-6-5-15;3-2(4,5)1(6)7/h9-10H,3-8,15H2,1-2H3,(H,16,19)(H,20,21);(H,6,7)/t9-,10+;/m1./s1. The predicted molar refractivity (Wildman–Crippen MR) is 105 cm³/mol. The molecule has 2 fully saturated rings. The lowest BCUT2D eigenvalue weighted by atomic mass is 9.96. The van der Waals surface area contributed by atoms with Gasteiger partial charge in [-0.3, -0.25) is 14.4 Å². The smallest absolute Gasteiger partial charge is 0.481 e. The first-order chi connectivity index (χ1) is 15.9. The van der Waals surface area contributed by atoms with Gasteiger partial charge in [0.2, 0.25) is 0 Å². The van der Waals surface area contributed by atoms with Crippen LogP contribution >= 0.6 is 0 Å². The van der Waals surface area contributed by atoms with E-state index in [1.165, 1.54) is 18.7 Å². The summed E-state index contributed by atoms with van der Waals surface area (Å²) in [5.41, 5.74) is 5.98. The van der Waals surface area contributed by atoms with Crippen LogP contribution < -0.4 is 11.2 Å². The second kappa shape index (κ2) is 11.8. The lowest BCUT2D eigenvalue weighted by molar-refractivity contribution is -0.192. The van der Waals surface area contributed by atoms with Gasteiger partial charge in [-0.15, -0.1) is 4.28 Å². The Morgan fingerprint density at radius 2 is 1.74 bits per heavy atom. The van der Waals surface area contributed by atoms with Gasteiger partial charge in [-0.1, -0.05) is 0 Å². The molecule has 0 saturated carbocycles. The first kappa shape index (κ1) is 30.3. The van der Waals surface area contributed by atoms with Crippen molar-refractivity contribution in [1.29, 1.82) is 0 Å². The molecule has 0 aromatic heterocycles. The number of carboxylic acid groups (broad SMARTS) is 2. The first-order valence-electron chi connectivity index (χ1n) is 9.77. The van der Waals surface area contributed by atoms with Gasteiger partial charge >= 0.3 is 34.5 Å². The maximum atomic E-state index is 12.5. The average molecular weight is 538 g/mol. The zero-order valence-corrected chi connectivity index (χ0v) is 19.3. The molecule has 0 aromatic rings. The van der Waals surface area contributed by atoms with Crippen LogP contribution in [0.4, 0.5) is 18.0 Å². The van der Waals surface area contributed by atoms with Crippen molar-refractivity contribution in [2.75, 3.05) is 26.3 Å². The predicted octanol–water partition coefficient (Wildman–Crippen LogP) is -0.801. The van der Waals surface area contributed by atoms with E-state index >= 15 is 0 Å². The van der Waals surface area contributed by atoms with E-state index in [-0.39, 0.29) is 26.1 Å². The summed E-state index contributed by atoms with van der Waals surface area (Å²) in [6.45, 7) is 2.27. The topological polar surface area (TPSA) is 215 Å². The highest BCUT2D eigenvalue weighted by molar-refractivity contribution is 7.81. The van der Waals surface area contributed by atoms with Crippen LogP contribution in [0.15, 0.2) is 0 Å². The van der Waals surface area contributed by atoms with Crippen molar-refractivity contribution in [3.63, 3.8) is 0 Å². The van der Waals surface area contributed by atoms with Crippen LogP contribution in [0.5, 0.6) is 0 Å². The average Bonchev–Trinajstić information content (AvgIpc) is 2.96. The molecule has 0 spiro atoms. The number of hydrogen-bond acceptors (Lipinski definition) is 10. The number of nitrogens with one attached hydrogen (secondary N) is 1. The number of rotatable bonds is 10. The molecular weight excluding hydrogens is 513 g/mol. The normalized spacial score (nSPS) is 20.2. The number of halogens is 3. The van der Waals surface area contributed by atoms with E-state index < -0.39 is 64.6 Å². The first-order valence-corrected chi connectivity index (χ1v) is 11.1. The van der Waals surface area contributed by atoms with Crippen molar-refractivity contribution in [3.8, 4) is 0 Å². The molecule has 35 heavy (non-hydrogen) atoms.